The molecule has 3 aromatic carbocycles. The van der Waals surface area contributed by atoms with E-state index in [0.717, 1.165) is 22.7 Å². The van der Waals surface area contributed by atoms with Gasteiger partial charge < -0.3 is 18.8 Å². The molecule has 5 aromatic rings. The van der Waals surface area contributed by atoms with E-state index in [1.54, 1.807) is 40.7 Å². The van der Waals surface area contributed by atoms with Crippen molar-refractivity contribution in [3.8, 4) is 5.69 Å². The Kier molecular flexibility index (Phi) is 10.00. The fourth-order valence-electron chi connectivity index (χ4n) is 6.27. The average Bonchev–Trinajstić information content (AvgIpc) is 3.70. The van der Waals surface area contributed by atoms with E-state index >= 15 is 0 Å². The van der Waals surface area contributed by atoms with Crippen LogP contribution in [0.2, 0.25) is 5.02 Å². The smallest absolute Gasteiger partial charge is 0.398 e. The van der Waals surface area contributed by atoms with Crippen LogP contribution in [-0.4, -0.2) is 55.1 Å². The number of halogens is 4. The number of aromatic nitrogens is 2. The van der Waals surface area contributed by atoms with Gasteiger partial charge in [-0.1, -0.05) is 29.8 Å². The van der Waals surface area contributed by atoms with Crippen molar-refractivity contribution < 1.29 is 48.1 Å². The first-order chi connectivity index (χ1) is 24.0. The number of oxazole rings is 1. The molecule has 0 bridgehead atoms. The Balaban J connectivity index is 1.41. The molecular formula is C34H33ClF3N4O7S2+. The maximum absolute atomic E-state index is 13.9. The van der Waals surface area contributed by atoms with Gasteiger partial charge in [0.05, 0.1) is 50.7 Å². The van der Waals surface area contributed by atoms with E-state index < -0.39 is 48.5 Å². The monoisotopic (exact) mass is 765 g/mol. The minimum atomic E-state index is -4.74. The maximum Gasteiger partial charge on any atom is 0.417 e. The van der Waals surface area contributed by atoms with Crippen molar-refractivity contribution >= 4 is 71.3 Å². The fourth-order valence-corrected chi connectivity index (χ4v) is 7.52. The summed E-state index contributed by atoms with van der Waals surface area (Å²) >= 11 is 6.08. The first kappa shape index (κ1) is 36.4. The molecule has 17 heteroatoms. The molecule has 0 aliphatic carbocycles. The zero-order valence-electron chi connectivity index (χ0n) is 27.1. The van der Waals surface area contributed by atoms with Crippen LogP contribution in [0.15, 0.2) is 89.3 Å². The number of fused-ring (bicyclic) bond motifs is 3. The van der Waals surface area contributed by atoms with Crippen LogP contribution in [0.4, 0.5) is 24.5 Å². The van der Waals surface area contributed by atoms with Crippen LogP contribution in [0.1, 0.15) is 31.2 Å². The lowest BCUT2D eigenvalue weighted by Gasteiger charge is -2.24. The lowest BCUT2D eigenvalue weighted by Crippen LogP contribution is -2.36. The van der Waals surface area contributed by atoms with Gasteiger partial charge in [-0.25, -0.2) is 0 Å². The van der Waals surface area contributed by atoms with Crippen molar-refractivity contribution in [1.82, 2.24) is 4.57 Å². The highest BCUT2D eigenvalue weighted by atomic mass is 35.5. The van der Waals surface area contributed by atoms with Crippen LogP contribution in [0, 0.1) is 0 Å². The zero-order chi connectivity index (χ0) is 36.7. The van der Waals surface area contributed by atoms with Crippen LogP contribution in [0.5, 0.6) is 0 Å². The predicted octanol–water partition coefficient (Wildman–Crippen LogP) is 7.09. The van der Waals surface area contributed by atoms with Gasteiger partial charge in [0.25, 0.3) is 25.8 Å². The first-order valence-corrected chi connectivity index (χ1v) is 19.4. The van der Waals surface area contributed by atoms with Crippen molar-refractivity contribution in [2.75, 3.05) is 34.4 Å². The number of benzene rings is 3. The van der Waals surface area contributed by atoms with E-state index in [0.29, 0.717) is 35.0 Å². The summed E-state index contributed by atoms with van der Waals surface area (Å²) in [6, 6.07) is 17.6. The summed E-state index contributed by atoms with van der Waals surface area (Å²) in [7, 11) is -8.56. The molecule has 0 saturated heterocycles. The number of hydrogen-bond acceptors (Lipinski definition) is 7. The lowest BCUT2D eigenvalue weighted by atomic mass is 10.1. The van der Waals surface area contributed by atoms with Gasteiger partial charge in [0.2, 0.25) is 5.58 Å². The summed E-state index contributed by atoms with van der Waals surface area (Å²) in [5, 5.41) is 0.552. The molecule has 0 unspecified atom stereocenters. The molecule has 0 atom stereocenters. The van der Waals surface area contributed by atoms with Gasteiger partial charge in [-0.3, -0.25) is 9.11 Å². The molecule has 3 heterocycles. The topological polar surface area (TPSA) is 137 Å². The number of nitrogens with zero attached hydrogens (tertiary/aromatic N) is 4. The summed E-state index contributed by atoms with van der Waals surface area (Å²) in [6.07, 6.45) is 2.04. The molecule has 1 aliphatic rings. The van der Waals surface area contributed by atoms with Crippen molar-refractivity contribution in [3.63, 3.8) is 0 Å². The average molecular weight is 766 g/mol. The number of para-hydroxylation sites is 1. The molecule has 1 aliphatic heterocycles. The van der Waals surface area contributed by atoms with Crippen LogP contribution >= 0.6 is 11.6 Å². The molecular weight excluding hydrogens is 733 g/mol. The fraction of sp³-hybridized carbons (Fsp3) is 0.265. The third-order valence-electron chi connectivity index (χ3n) is 8.46. The molecule has 11 nitrogen and oxygen atoms in total. The highest BCUT2D eigenvalue weighted by Gasteiger charge is 2.38. The van der Waals surface area contributed by atoms with Crippen molar-refractivity contribution in [2.24, 2.45) is 0 Å². The summed E-state index contributed by atoms with van der Waals surface area (Å²) in [6.45, 7) is 2.23. The van der Waals surface area contributed by atoms with Gasteiger partial charge in [0.1, 0.15) is 5.82 Å². The highest BCUT2D eigenvalue weighted by Crippen LogP contribution is 2.47. The van der Waals surface area contributed by atoms with Gasteiger partial charge in [-0.15, -0.1) is 0 Å². The summed E-state index contributed by atoms with van der Waals surface area (Å²) in [5.74, 6) is -0.334. The van der Waals surface area contributed by atoms with E-state index in [9.17, 15) is 39.1 Å². The number of alkyl halides is 3. The van der Waals surface area contributed by atoms with E-state index in [-0.39, 0.29) is 31.6 Å². The van der Waals surface area contributed by atoms with Crippen LogP contribution < -0.4 is 14.4 Å². The number of allylic oxidation sites excluding steroid dienone is 2. The van der Waals surface area contributed by atoms with Crippen LogP contribution in [0.25, 0.3) is 33.8 Å². The predicted molar refractivity (Wildman–Crippen MR) is 189 cm³/mol. The summed E-state index contributed by atoms with van der Waals surface area (Å²) in [5.41, 5.74) is 2.46. The van der Waals surface area contributed by atoms with Gasteiger partial charge in [-0.05, 0) is 67.3 Å². The van der Waals surface area contributed by atoms with E-state index in [4.69, 9.17) is 16.0 Å². The summed E-state index contributed by atoms with van der Waals surface area (Å²) < 4.78 is 116. The van der Waals surface area contributed by atoms with Crippen LogP contribution in [-0.2, 0) is 33.0 Å². The molecule has 0 spiro atoms. The van der Waals surface area contributed by atoms with Gasteiger partial charge in [0.15, 0.2) is 6.54 Å². The second kappa shape index (κ2) is 14.0. The quantitative estimate of drug-likeness (QED) is 0.101. The largest absolute Gasteiger partial charge is 0.417 e. The Morgan fingerprint density at radius 3 is 2.33 bits per heavy atom. The minimum Gasteiger partial charge on any atom is -0.398 e. The van der Waals surface area contributed by atoms with E-state index in [1.807, 2.05) is 53.2 Å². The van der Waals surface area contributed by atoms with E-state index in [1.165, 1.54) is 11.0 Å². The van der Waals surface area contributed by atoms with E-state index in [2.05, 4.69) is 0 Å². The third-order valence-corrected chi connectivity index (χ3v) is 10.4. The number of rotatable bonds is 12. The Hall–Kier alpha value is -4.35. The Bertz CT molecular complexity index is 2410. The molecule has 0 radical (unpaired) electrons. The van der Waals surface area contributed by atoms with Gasteiger partial charge >= 0.3 is 12.1 Å². The SMILES string of the molecule is CCN1/C(=C\C=C\c2oc3ccc(-n4ccc5ccccc54)cc3[n+]2CCCS(=O)(=O)O)N(CCCS(=O)(=O)O)c2cc(C(F)(F)F)c(Cl)cc21. The van der Waals surface area contributed by atoms with Crippen molar-refractivity contribution in [2.45, 2.75) is 32.5 Å². The molecule has 0 fully saturated rings. The second-order valence-corrected chi connectivity index (χ2v) is 15.4. The lowest BCUT2D eigenvalue weighted by molar-refractivity contribution is -0.677. The van der Waals surface area contributed by atoms with Crippen molar-refractivity contribution in [1.29, 1.82) is 0 Å². The highest BCUT2D eigenvalue weighted by molar-refractivity contribution is 7.86. The number of anilines is 2. The third kappa shape index (κ3) is 7.94. The second-order valence-electron chi connectivity index (χ2n) is 11.9. The minimum absolute atomic E-state index is 0.0426. The standard InChI is InChI=1S/C34H32ClF3N4O7S2/c1-2-39-29-22-26(35)25(34(36,37)38)21-28(29)41(15-6-18-50(43,44)45)32(39)10-5-11-33-42(16-7-19-51(46,47)48)30-20-24(12-13-31(30)49-33)40-17-14-23-8-3-4-9-27(23)40/h3-5,8-14,17,20-22H,2,6-7,15-16,18-19H2,1H3,(H-,43,44,45,46,47,48)/p+1. The maximum atomic E-state index is 13.9. The number of aryl methyl sites for hydroxylation is 1. The van der Waals surface area contributed by atoms with Crippen LogP contribution in [0.3, 0.4) is 0 Å². The first-order valence-electron chi connectivity index (χ1n) is 15.8. The molecule has 51 heavy (non-hydrogen) atoms. The molecule has 270 valence electrons. The Labute approximate surface area is 296 Å². The molecule has 2 N–H and O–H groups in total. The summed E-state index contributed by atoms with van der Waals surface area (Å²) in [4.78, 5) is 3.26. The van der Waals surface area contributed by atoms with Crippen molar-refractivity contribution in [3.05, 3.63) is 101 Å². The zero-order valence-corrected chi connectivity index (χ0v) is 29.5. The van der Waals surface area contributed by atoms with Gasteiger partial charge in [-0.2, -0.15) is 34.6 Å². The molecule has 0 amide bonds. The molecule has 2 aromatic heterocycles. The number of hydrogen-bond donors (Lipinski definition) is 2. The van der Waals surface area contributed by atoms with Gasteiger partial charge in [0, 0.05) is 31.8 Å². The Morgan fingerprint density at radius 1 is 0.922 bits per heavy atom. The Morgan fingerprint density at radius 2 is 1.63 bits per heavy atom. The molecule has 6 rings (SSSR count). The molecule has 0 saturated carbocycles. The normalized spacial score (nSPS) is 14.9.